The van der Waals surface area contributed by atoms with Gasteiger partial charge in [0, 0.05) is 11.6 Å². The van der Waals surface area contributed by atoms with Gasteiger partial charge in [0.15, 0.2) is 12.4 Å². The number of halogens is 1. The number of benzene rings is 2. The fourth-order valence-corrected chi connectivity index (χ4v) is 2.08. The molecule has 0 atom stereocenters. The maximum absolute atomic E-state index is 12.1. The number of nitrogens with zero attached hydrogens (tertiary/aromatic N) is 1. The number of hydrogen-bond acceptors (Lipinski definition) is 5. The number of carbonyl (C=O) groups is 2. The highest BCUT2D eigenvalue weighted by atomic mass is 35.5. The number of nitro benzene ring substituents is 1. The van der Waals surface area contributed by atoms with Crippen LogP contribution in [0, 0.1) is 10.1 Å². The second-order valence-electron chi connectivity index (χ2n) is 4.87. The summed E-state index contributed by atoms with van der Waals surface area (Å²) in [5.41, 5.74) is 0.495. The van der Waals surface area contributed by atoms with Gasteiger partial charge in [-0.2, -0.15) is 0 Å². The van der Waals surface area contributed by atoms with E-state index < -0.39 is 23.3 Å². The summed E-state index contributed by atoms with van der Waals surface area (Å²) in [5.74, 6) is -1.10. The first-order valence-corrected chi connectivity index (χ1v) is 7.35. The van der Waals surface area contributed by atoms with Crippen molar-refractivity contribution in [3.63, 3.8) is 0 Å². The number of carboxylic acids is 1. The van der Waals surface area contributed by atoms with Gasteiger partial charge in [-0.05, 0) is 35.9 Å². The molecule has 0 heterocycles. The van der Waals surface area contributed by atoms with E-state index in [-0.39, 0.29) is 16.3 Å². The number of ketones is 1. The molecule has 0 saturated carbocycles. The van der Waals surface area contributed by atoms with Gasteiger partial charge in [0.25, 0.3) is 5.69 Å². The van der Waals surface area contributed by atoms with E-state index in [1.54, 1.807) is 24.3 Å². The van der Waals surface area contributed by atoms with E-state index in [1.165, 1.54) is 24.3 Å². The van der Waals surface area contributed by atoms with Crippen molar-refractivity contribution in [1.82, 2.24) is 0 Å². The van der Waals surface area contributed by atoms with Crippen molar-refractivity contribution in [1.29, 1.82) is 0 Å². The third-order valence-corrected chi connectivity index (χ3v) is 3.42. The van der Waals surface area contributed by atoms with Crippen molar-refractivity contribution in [2.75, 3.05) is 6.61 Å². The van der Waals surface area contributed by atoms with Gasteiger partial charge in [-0.3, -0.25) is 14.9 Å². The monoisotopic (exact) mass is 361 g/mol. The molecule has 2 aromatic carbocycles. The van der Waals surface area contributed by atoms with Crippen LogP contribution in [0.3, 0.4) is 0 Å². The Morgan fingerprint density at radius 2 is 1.88 bits per heavy atom. The smallest absolute Gasteiger partial charge is 0.341 e. The van der Waals surface area contributed by atoms with Crippen molar-refractivity contribution >= 4 is 35.1 Å². The van der Waals surface area contributed by atoms with Gasteiger partial charge >= 0.3 is 5.97 Å². The zero-order chi connectivity index (χ0) is 18.4. The highest BCUT2D eigenvalue weighted by molar-refractivity contribution is 6.32. The first-order valence-electron chi connectivity index (χ1n) is 6.98. The minimum absolute atomic E-state index is 0.0394. The van der Waals surface area contributed by atoms with E-state index in [2.05, 4.69) is 0 Å². The molecule has 0 amide bonds. The average molecular weight is 362 g/mol. The summed E-state index contributed by atoms with van der Waals surface area (Å²) in [7, 11) is 0. The largest absolute Gasteiger partial charge is 0.482 e. The Labute approximate surface area is 147 Å². The first kappa shape index (κ1) is 18.2. The molecule has 0 saturated heterocycles. The summed E-state index contributed by atoms with van der Waals surface area (Å²) in [6.45, 7) is -0.441. The van der Waals surface area contributed by atoms with Gasteiger partial charge < -0.3 is 9.84 Å². The zero-order valence-electron chi connectivity index (χ0n) is 12.7. The highest BCUT2D eigenvalue weighted by Gasteiger charge is 2.15. The highest BCUT2D eigenvalue weighted by Crippen LogP contribution is 2.25. The average Bonchev–Trinajstić information content (AvgIpc) is 2.58. The van der Waals surface area contributed by atoms with Crippen molar-refractivity contribution in [3.05, 3.63) is 74.8 Å². The molecule has 0 aromatic heterocycles. The zero-order valence-corrected chi connectivity index (χ0v) is 13.5. The molecule has 25 heavy (non-hydrogen) atoms. The van der Waals surface area contributed by atoms with Crippen LogP contribution in [-0.4, -0.2) is 28.4 Å². The number of nitro groups is 1. The predicted molar refractivity (Wildman–Crippen MR) is 91.0 cm³/mol. The van der Waals surface area contributed by atoms with Gasteiger partial charge in [-0.15, -0.1) is 0 Å². The molecule has 128 valence electrons. The Balaban J connectivity index is 2.08. The van der Waals surface area contributed by atoms with Crippen molar-refractivity contribution < 1.29 is 24.4 Å². The van der Waals surface area contributed by atoms with Crippen LogP contribution in [0.5, 0.6) is 5.75 Å². The summed E-state index contributed by atoms with van der Waals surface area (Å²) < 4.78 is 5.00. The second kappa shape index (κ2) is 8.07. The molecule has 0 aliphatic carbocycles. The molecule has 0 aliphatic heterocycles. The lowest BCUT2D eigenvalue weighted by Gasteiger charge is -2.03. The number of allylic oxidation sites excluding steroid dienone is 1. The quantitative estimate of drug-likeness (QED) is 0.349. The minimum Gasteiger partial charge on any atom is -0.482 e. The summed E-state index contributed by atoms with van der Waals surface area (Å²) >= 11 is 5.71. The Morgan fingerprint density at radius 3 is 2.48 bits per heavy atom. The van der Waals surface area contributed by atoms with E-state index >= 15 is 0 Å². The molecule has 0 bridgehead atoms. The molecule has 0 aliphatic rings. The summed E-state index contributed by atoms with van der Waals surface area (Å²) in [6, 6.07) is 10.3. The molecule has 1 N–H and O–H groups in total. The maximum Gasteiger partial charge on any atom is 0.341 e. The van der Waals surface area contributed by atoms with Crippen LogP contribution >= 0.6 is 11.6 Å². The van der Waals surface area contributed by atoms with Crippen LogP contribution in [0.2, 0.25) is 5.02 Å². The summed E-state index contributed by atoms with van der Waals surface area (Å²) in [5, 5.41) is 19.3. The second-order valence-corrected chi connectivity index (χ2v) is 5.28. The number of hydrogen-bond donors (Lipinski definition) is 1. The normalized spacial score (nSPS) is 10.6. The van der Waals surface area contributed by atoms with E-state index in [9.17, 15) is 19.7 Å². The third-order valence-electron chi connectivity index (χ3n) is 3.10. The SMILES string of the molecule is O=C(O)COc1ccc(C=CC(=O)c2ccc(Cl)c([N+](=O)[O-])c2)cc1. The lowest BCUT2D eigenvalue weighted by Crippen LogP contribution is -2.09. The van der Waals surface area contributed by atoms with Crippen molar-refractivity contribution in [3.8, 4) is 5.75 Å². The first-order chi connectivity index (χ1) is 11.9. The van der Waals surface area contributed by atoms with Gasteiger partial charge in [0.2, 0.25) is 0 Å². The van der Waals surface area contributed by atoms with Crippen molar-refractivity contribution in [2.45, 2.75) is 0 Å². The molecule has 0 unspecified atom stereocenters. The van der Waals surface area contributed by atoms with Crippen LogP contribution in [0.1, 0.15) is 15.9 Å². The van der Waals surface area contributed by atoms with Crippen LogP contribution in [0.15, 0.2) is 48.5 Å². The van der Waals surface area contributed by atoms with E-state index in [0.29, 0.717) is 11.3 Å². The summed E-state index contributed by atoms with van der Waals surface area (Å²) in [6.07, 6.45) is 2.81. The van der Waals surface area contributed by atoms with Crippen LogP contribution in [0.25, 0.3) is 6.08 Å². The molecule has 0 fully saturated rings. The molecule has 2 aromatic rings. The Bertz CT molecular complexity index is 845. The molecule has 0 radical (unpaired) electrons. The Morgan fingerprint density at radius 1 is 1.20 bits per heavy atom. The van der Waals surface area contributed by atoms with Crippen LogP contribution in [0.4, 0.5) is 5.69 Å². The summed E-state index contributed by atoms with van der Waals surface area (Å²) in [4.78, 5) is 32.7. The van der Waals surface area contributed by atoms with Gasteiger partial charge in [-0.1, -0.05) is 29.8 Å². The number of carbonyl (C=O) groups excluding carboxylic acids is 1. The number of ether oxygens (including phenoxy) is 1. The molecule has 8 heteroatoms. The Hall–Kier alpha value is -3.19. The lowest BCUT2D eigenvalue weighted by molar-refractivity contribution is -0.384. The fourth-order valence-electron chi connectivity index (χ4n) is 1.89. The molecule has 2 rings (SSSR count). The maximum atomic E-state index is 12.1. The number of rotatable bonds is 7. The topological polar surface area (TPSA) is 107 Å². The third kappa shape index (κ3) is 5.15. The fraction of sp³-hybridized carbons (Fsp3) is 0.0588. The Kier molecular flexibility index (Phi) is 5.86. The van der Waals surface area contributed by atoms with Gasteiger partial charge in [0.1, 0.15) is 10.8 Å². The van der Waals surface area contributed by atoms with E-state index in [1.807, 2.05) is 0 Å². The minimum atomic E-state index is -1.08. The number of carboxylic acid groups (broad SMARTS) is 1. The van der Waals surface area contributed by atoms with E-state index in [4.69, 9.17) is 21.4 Å². The van der Waals surface area contributed by atoms with Crippen molar-refractivity contribution in [2.24, 2.45) is 0 Å². The molecule has 7 nitrogen and oxygen atoms in total. The predicted octanol–water partition coefficient (Wildman–Crippen LogP) is 3.61. The molecule has 0 spiro atoms. The number of aliphatic carboxylic acids is 1. The standard InChI is InChI=1S/C17H12ClNO6/c18-14-7-4-12(9-15(14)19(23)24)16(20)8-3-11-1-5-13(6-2-11)25-10-17(21)22/h1-9H,10H2,(H,21,22). The lowest BCUT2D eigenvalue weighted by atomic mass is 10.1. The van der Waals surface area contributed by atoms with Gasteiger partial charge in [-0.25, -0.2) is 4.79 Å². The molecular weight excluding hydrogens is 350 g/mol. The van der Waals surface area contributed by atoms with Gasteiger partial charge in [0.05, 0.1) is 4.92 Å². The van der Waals surface area contributed by atoms with Crippen LogP contribution < -0.4 is 4.74 Å². The van der Waals surface area contributed by atoms with E-state index in [0.717, 1.165) is 6.07 Å². The van der Waals surface area contributed by atoms with Crippen LogP contribution in [-0.2, 0) is 4.79 Å². The molecular formula is C17H12ClNO6.